The number of hydrogen-bond donors (Lipinski definition) is 1. The highest BCUT2D eigenvalue weighted by Gasteiger charge is 2.19. The van der Waals surface area contributed by atoms with E-state index in [2.05, 4.69) is 9.71 Å². The van der Waals surface area contributed by atoms with E-state index in [9.17, 15) is 8.42 Å². The Morgan fingerprint density at radius 3 is 2.71 bits per heavy atom. The van der Waals surface area contributed by atoms with Crippen LogP contribution in [0, 0.1) is 6.92 Å². The highest BCUT2D eigenvalue weighted by Crippen LogP contribution is 2.21. The standard InChI is InChI=1S/C17H18ClN3O2S/c1-3-21-15-7-5-4-6-14(15)20-17(21)11-19-24(22,23)16-10-13(18)9-8-12(16)2/h4-10,19H,3,11H2,1-2H3. The van der Waals surface area contributed by atoms with E-state index in [-0.39, 0.29) is 11.4 Å². The van der Waals surface area contributed by atoms with Crippen LogP contribution in [0.3, 0.4) is 0 Å². The van der Waals surface area contributed by atoms with E-state index in [1.54, 1.807) is 19.1 Å². The first-order valence-corrected chi connectivity index (χ1v) is 9.48. The van der Waals surface area contributed by atoms with E-state index in [1.807, 2.05) is 35.8 Å². The molecule has 0 unspecified atom stereocenters. The molecular formula is C17H18ClN3O2S. The van der Waals surface area contributed by atoms with Crippen LogP contribution in [0.25, 0.3) is 11.0 Å². The number of imidazole rings is 1. The molecule has 0 amide bonds. The lowest BCUT2D eigenvalue weighted by Crippen LogP contribution is -2.25. The number of halogens is 1. The molecule has 0 bridgehead atoms. The second-order valence-corrected chi connectivity index (χ2v) is 7.67. The van der Waals surface area contributed by atoms with Gasteiger partial charge in [0.25, 0.3) is 0 Å². The van der Waals surface area contributed by atoms with E-state index in [1.165, 1.54) is 6.07 Å². The molecule has 0 fully saturated rings. The number of nitrogens with zero attached hydrogens (tertiary/aromatic N) is 2. The molecule has 1 N–H and O–H groups in total. The minimum atomic E-state index is -3.66. The summed E-state index contributed by atoms with van der Waals surface area (Å²) < 4.78 is 29.8. The first-order chi connectivity index (χ1) is 11.4. The van der Waals surface area contributed by atoms with E-state index < -0.39 is 10.0 Å². The summed E-state index contributed by atoms with van der Waals surface area (Å²) in [4.78, 5) is 4.72. The quantitative estimate of drug-likeness (QED) is 0.754. The van der Waals surface area contributed by atoms with Crippen LogP contribution in [0.5, 0.6) is 0 Å². The molecule has 5 nitrogen and oxygen atoms in total. The summed E-state index contributed by atoms with van der Waals surface area (Å²) in [7, 11) is -3.66. The molecule has 126 valence electrons. The van der Waals surface area contributed by atoms with Crippen LogP contribution in [0.1, 0.15) is 18.3 Å². The van der Waals surface area contributed by atoms with Crippen molar-refractivity contribution in [2.75, 3.05) is 0 Å². The number of para-hydroxylation sites is 2. The zero-order valence-electron chi connectivity index (χ0n) is 13.5. The van der Waals surface area contributed by atoms with Crippen molar-refractivity contribution in [2.24, 2.45) is 0 Å². The van der Waals surface area contributed by atoms with Gasteiger partial charge in [0.1, 0.15) is 5.82 Å². The molecule has 3 aromatic rings. The van der Waals surface area contributed by atoms with Gasteiger partial charge in [-0.15, -0.1) is 0 Å². The van der Waals surface area contributed by atoms with Gasteiger partial charge < -0.3 is 4.57 Å². The topological polar surface area (TPSA) is 64.0 Å². The number of fused-ring (bicyclic) bond motifs is 1. The number of aryl methyl sites for hydroxylation is 2. The van der Waals surface area contributed by atoms with Crippen LogP contribution in [0.2, 0.25) is 5.02 Å². The summed E-state index contributed by atoms with van der Waals surface area (Å²) in [5.41, 5.74) is 2.50. The fraction of sp³-hybridized carbons (Fsp3) is 0.235. The van der Waals surface area contributed by atoms with Crippen LogP contribution >= 0.6 is 11.6 Å². The summed E-state index contributed by atoms with van der Waals surface area (Å²) in [6.07, 6.45) is 0. The van der Waals surface area contributed by atoms with Crippen LogP contribution in [0.4, 0.5) is 0 Å². The monoisotopic (exact) mass is 363 g/mol. The summed E-state index contributed by atoms with van der Waals surface area (Å²) in [5.74, 6) is 0.682. The fourth-order valence-corrected chi connectivity index (χ4v) is 4.20. The third kappa shape index (κ3) is 3.17. The van der Waals surface area contributed by atoms with Crippen molar-refractivity contribution in [3.8, 4) is 0 Å². The highest BCUT2D eigenvalue weighted by atomic mass is 35.5. The molecule has 0 saturated carbocycles. The summed E-state index contributed by atoms with van der Waals surface area (Å²) >= 11 is 5.93. The first-order valence-electron chi connectivity index (χ1n) is 7.62. The zero-order valence-corrected chi connectivity index (χ0v) is 15.0. The average molecular weight is 364 g/mol. The number of hydrogen-bond acceptors (Lipinski definition) is 3. The fourth-order valence-electron chi connectivity index (χ4n) is 2.71. The van der Waals surface area contributed by atoms with Crippen LogP contribution in [0.15, 0.2) is 47.4 Å². The van der Waals surface area contributed by atoms with Crippen molar-refractivity contribution >= 4 is 32.7 Å². The maximum atomic E-state index is 12.6. The lowest BCUT2D eigenvalue weighted by Gasteiger charge is -2.10. The van der Waals surface area contributed by atoms with Crippen LogP contribution in [-0.4, -0.2) is 18.0 Å². The Hall–Kier alpha value is -1.89. The summed E-state index contributed by atoms with van der Waals surface area (Å²) in [6.45, 7) is 4.59. The molecule has 0 radical (unpaired) electrons. The van der Waals surface area contributed by atoms with E-state index in [0.717, 1.165) is 11.0 Å². The Morgan fingerprint density at radius 2 is 1.96 bits per heavy atom. The second-order valence-electron chi connectivity index (χ2n) is 5.50. The van der Waals surface area contributed by atoms with Gasteiger partial charge in [-0.1, -0.05) is 29.8 Å². The van der Waals surface area contributed by atoms with Gasteiger partial charge in [-0.25, -0.2) is 18.1 Å². The maximum Gasteiger partial charge on any atom is 0.241 e. The van der Waals surface area contributed by atoms with Gasteiger partial charge in [0.05, 0.1) is 22.5 Å². The second kappa shape index (κ2) is 6.55. The molecule has 0 saturated heterocycles. The first kappa shape index (κ1) is 17.0. The van der Waals surface area contributed by atoms with E-state index in [4.69, 9.17) is 11.6 Å². The van der Waals surface area contributed by atoms with Crippen molar-refractivity contribution in [3.05, 3.63) is 58.9 Å². The van der Waals surface area contributed by atoms with Gasteiger partial charge in [-0.05, 0) is 43.7 Å². The van der Waals surface area contributed by atoms with Crippen molar-refractivity contribution in [2.45, 2.75) is 31.8 Å². The van der Waals surface area contributed by atoms with Gasteiger partial charge in [0.15, 0.2) is 0 Å². The molecule has 2 aromatic carbocycles. The zero-order chi connectivity index (χ0) is 17.3. The Bertz CT molecular complexity index is 996. The molecule has 7 heteroatoms. The van der Waals surface area contributed by atoms with Gasteiger partial charge >= 0.3 is 0 Å². The molecular weight excluding hydrogens is 346 g/mol. The lowest BCUT2D eigenvalue weighted by atomic mass is 10.2. The normalized spacial score (nSPS) is 12.0. The highest BCUT2D eigenvalue weighted by molar-refractivity contribution is 7.89. The van der Waals surface area contributed by atoms with Gasteiger partial charge in [-0.3, -0.25) is 0 Å². The molecule has 0 aliphatic rings. The summed E-state index contributed by atoms with van der Waals surface area (Å²) in [6, 6.07) is 12.6. The predicted octanol–water partition coefficient (Wildman–Crippen LogP) is 3.50. The molecule has 0 aliphatic heterocycles. The Balaban J connectivity index is 1.91. The van der Waals surface area contributed by atoms with Crippen LogP contribution < -0.4 is 4.72 Å². The Kier molecular flexibility index (Phi) is 4.62. The van der Waals surface area contributed by atoms with Gasteiger partial charge in [0, 0.05) is 11.6 Å². The number of nitrogens with one attached hydrogen (secondary N) is 1. The minimum Gasteiger partial charge on any atom is -0.327 e. The molecule has 1 aromatic heterocycles. The maximum absolute atomic E-state index is 12.6. The van der Waals surface area contributed by atoms with E-state index >= 15 is 0 Å². The average Bonchev–Trinajstić information content (AvgIpc) is 2.92. The number of aromatic nitrogens is 2. The molecule has 0 atom stereocenters. The van der Waals surface area contributed by atoms with Crippen LogP contribution in [-0.2, 0) is 23.1 Å². The third-order valence-corrected chi connectivity index (χ3v) is 5.69. The number of sulfonamides is 1. The van der Waals surface area contributed by atoms with Crippen molar-refractivity contribution < 1.29 is 8.42 Å². The number of rotatable bonds is 5. The SMILES string of the molecule is CCn1c(CNS(=O)(=O)c2cc(Cl)ccc2C)nc2ccccc21. The summed E-state index contributed by atoms with van der Waals surface area (Å²) in [5, 5.41) is 0.391. The van der Waals surface area contributed by atoms with Crippen molar-refractivity contribution in [1.29, 1.82) is 0 Å². The minimum absolute atomic E-state index is 0.122. The Morgan fingerprint density at radius 1 is 1.21 bits per heavy atom. The van der Waals surface area contributed by atoms with Gasteiger partial charge in [0.2, 0.25) is 10.0 Å². The molecule has 3 rings (SSSR count). The lowest BCUT2D eigenvalue weighted by molar-refractivity contribution is 0.575. The third-order valence-electron chi connectivity index (χ3n) is 3.91. The Labute approximate surface area is 146 Å². The largest absolute Gasteiger partial charge is 0.327 e. The molecule has 0 aliphatic carbocycles. The number of benzene rings is 2. The predicted molar refractivity (Wildman–Crippen MR) is 95.6 cm³/mol. The van der Waals surface area contributed by atoms with Crippen molar-refractivity contribution in [1.82, 2.24) is 14.3 Å². The van der Waals surface area contributed by atoms with E-state index in [0.29, 0.717) is 23.0 Å². The molecule has 1 heterocycles. The van der Waals surface area contributed by atoms with Gasteiger partial charge in [-0.2, -0.15) is 0 Å². The van der Waals surface area contributed by atoms with Crippen molar-refractivity contribution in [3.63, 3.8) is 0 Å². The molecule has 0 spiro atoms. The molecule has 24 heavy (non-hydrogen) atoms. The smallest absolute Gasteiger partial charge is 0.241 e.